The molecule has 1 aliphatic heterocycles. The van der Waals surface area contributed by atoms with Crippen LogP contribution in [0.15, 0.2) is 78.9 Å². The van der Waals surface area contributed by atoms with Gasteiger partial charge in [-0.25, -0.2) is 0 Å². The van der Waals surface area contributed by atoms with Gasteiger partial charge in [-0.15, -0.1) is 0 Å². The molecule has 0 bridgehead atoms. The third kappa shape index (κ3) is 3.24. The number of anilines is 2. The van der Waals surface area contributed by atoms with E-state index in [0.717, 1.165) is 29.0 Å². The van der Waals surface area contributed by atoms with E-state index in [2.05, 4.69) is 65.8 Å². The van der Waals surface area contributed by atoms with Crippen molar-refractivity contribution in [2.24, 2.45) is 0 Å². The van der Waals surface area contributed by atoms with E-state index in [-0.39, 0.29) is 5.91 Å². The Morgan fingerprint density at radius 1 is 0.885 bits per heavy atom. The molecule has 3 nitrogen and oxygen atoms in total. The molecule has 0 atom stereocenters. The topological polar surface area (TPSA) is 32.3 Å². The average Bonchev–Trinajstić information content (AvgIpc) is 2.98. The van der Waals surface area contributed by atoms with Crippen molar-refractivity contribution in [1.82, 2.24) is 0 Å². The molecule has 0 aliphatic carbocycles. The number of hydrogen-bond acceptors (Lipinski definition) is 2. The van der Waals surface area contributed by atoms with Gasteiger partial charge in [0.25, 0.3) is 5.91 Å². The molecular weight excluding hydrogens is 320 g/mol. The molecule has 1 heterocycles. The van der Waals surface area contributed by atoms with E-state index in [1.54, 1.807) is 0 Å². The molecule has 4 rings (SSSR count). The molecule has 3 aromatic carbocycles. The average molecular weight is 340 g/mol. The zero-order valence-corrected chi connectivity index (χ0v) is 14.6. The number of carbonyl (C=O) groups excluding carboxylic acids is 1. The molecule has 1 N–H and O–H groups in total. The van der Waals surface area contributed by atoms with Crippen LogP contribution in [-0.4, -0.2) is 13.0 Å². The fourth-order valence-electron chi connectivity index (χ4n) is 3.22. The molecule has 3 heteroatoms. The number of nitrogens with zero attached hydrogens (tertiary/aromatic N) is 1. The van der Waals surface area contributed by atoms with Crippen molar-refractivity contribution < 1.29 is 4.79 Å². The molecule has 1 aliphatic rings. The Morgan fingerprint density at radius 3 is 2.35 bits per heavy atom. The largest absolute Gasteiger partial charge is 0.370 e. The second-order valence-corrected chi connectivity index (χ2v) is 6.49. The standard InChI is InChI=1S/C23H20N2O/c1-25(16-18-7-3-2-4-8-18)19-13-11-17(12-14-19)15-21-20-9-5-6-10-22(20)24-23(21)26/h2-15H,16H2,1H3,(H,24,26). The summed E-state index contributed by atoms with van der Waals surface area (Å²) in [6, 6.07) is 26.5. The molecule has 0 unspecified atom stereocenters. The lowest BCUT2D eigenvalue weighted by atomic mass is 10.0. The van der Waals surface area contributed by atoms with Crippen LogP contribution in [0.4, 0.5) is 11.4 Å². The Kier molecular flexibility index (Phi) is 4.28. The number of amides is 1. The van der Waals surface area contributed by atoms with Gasteiger partial charge < -0.3 is 10.2 Å². The molecule has 0 radical (unpaired) electrons. The van der Waals surface area contributed by atoms with Crippen LogP contribution in [0.5, 0.6) is 0 Å². The lowest BCUT2D eigenvalue weighted by molar-refractivity contribution is -0.110. The monoisotopic (exact) mass is 340 g/mol. The summed E-state index contributed by atoms with van der Waals surface area (Å²) in [6.07, 6.45) is 1.95. The van der Waals surface area contributed by atoms with Gasteiger partial charge in [0, 0.05) is 36.1 Å². The first-order valence-electron chi connectivity index (χ1n) is 8.68. The lowest BCUT2D eigenvalue weighted by Gasteiger charge is -2.19. The molecule has 0 saturated heterocycles. The molecule has 1 amide bonds. The van der Waals surface area contributed by atoms with E-state index in [1.807, 2.05) is 36.4 Å². The highest BCUT2D eigenvalue weighted by atomic mass is 16.2. The Bertz CT molecular complexity index is 959. The summed E-state index contributed by atoms with van der Waals surface area (Å²) in [5, 5.41) is 2.91. The van der Waals surface area contributed by atoms with Crippen LogP contribution in [-0.2, 0) is 11.3 Å². The smallest absolute Gasteiger partial charge is 0.256 e. The fourth-order valence-corrected chi connectivity index (χ4v) is 3.22. The first-order valence-corrected chi connectivity index (χ1v) is 8.68. The predicted molar refractivity (Wildman–Crippen MR) is 108 cm³/mol. The number of benzene rings is 3. The summed E-state index contributed by atoms with van der Waals surface area (Å²) in [6.45, 7) is 0.858. The maximum atomic E-state index is 12.2. The van der Waals surface area contributed by atoms with Crippen molar-refractivity contribution in [3.8, 4) is 0 Å². The van der Waals surface area contributed by atoms with Gasteiger partial charge in [-0.2, -0.15) is 0 Å². The van der Waals surface area contributed by atoms with Gasteiger partial charge in [0.05, 0.1) is 0 Å². The van der Waals surface area contributed by atoms with Gasteiger partial charge in [-0.1, -0.05) is 60.7 Å². The van der Waals surface area contributed by atoms with Crippen molar-refractivity contribution in [2.45, 2.75) is 6.54 Å². The maximum Gasteiger partial charge on any atom is 0.256 e. The summed E-state index contributed by atoms with van der Waals surface area (Å²) < 4.78 is 0. The molecule has 26 heavy (non-hydrogen) atoms. The van der Waals surface area contributed by atoms with Gasteiger partial charge in [0.1, 0.15) is 0 Å². The minimum atomic E-state index is -0.0449. The number of rotatable bonds is 4. The minimum absolute atomic E-state index is 0.0449. The van der Waals surface area contributed by atoms with E-state index in [1.165, 1.54) is 5.56 Å². The molecule has 128 valence electrons. The van der Waals surface area contributed by atoms with Gasteiger partial charge in [0.15, 0.2) is 0 Å². The number of carbonyl (C=O) groups is 1. The third-order valence-electron chi connectivity index (χ3n) is 4.62. The summed E-state index contributed by atoms with van der Waals surface area (Å²) in [7, 11) is 2.08. The van der Waals surface area contributed by atoms with Crippen LogP contribution in [0.3, 0.4) is 0 Å². The Hall–Kier alpha value is -3.33. The van der Waals surface area contributed by atoms with Gasteiger partial charge in [-0.05, 0) is 35.4 Å². The van der Waals surface area contributed by atoms with Crippen molar-refractivity contribution in [3.63, 3.8) is 0 Å². The zero-order chi connectivity index (χ0) is 17.9. The first kappa shape index (κ1) is 16.2. The van der Waals surface area contributed by atoms with E-state index in [4.69, 9.17) is 0 Å². The summed E-state index contributed by atoms with van der Waals surface area (Å²) in [5.41, 5.74) is 5.99. The normalized spacial score (nSPS) is 14.2. The lowest BCUT2D eigenvalue weighted by Crippen LogP contribution is -2.16. The fraction of sp³-hybridized carbons (Fsp3) is 0.0870. The highest BCUT2D eigenvalue weighted by Gasteiger charge is 2.23. The predicted octanol–water partition coefficient (Wildman–Crippen LogP) is 4.82. The van der Waals surface area contributed by atoms with Crippen LogP contribution >= 0.6 is 0 Å². The molecule has 0 spiro atoms. The Balaban J connectivity index is 1.54. The van der Waals surface area contributed by atoms with Crippen molar-refractivity contribution in [3.05, 3.63) is 95.6 Å². The molecule has 0 fully saturated rings. The zero-order valence-electron chi connectivity index (χ0n) is 14.6. The van der Waals surface area contributed by atoms with E-state index < -0.39 is 0 Å². The minimum Gasteiger partial charge on any atom is -0.370 e. The van der Waals surface area contributed by atoms with E-state index >= 15 is 0 Å². The number of fused-ring (bicyclic) bond motifs is 1. The summed E-state index contributed by atoms with van der Waals surface area (Å²) in [5.74, 6) is -0.0449. The highest BCUT2D eigenvalue weighted by molar-refractivity contribution is 6.34. The van der Waals surface area contributed by atoms with Crippen molar-refractivity contribution >= 4 is 28.9 Å². The van der Waals surface area contributed by atoms with E-state index in [0.29, 0.717) is 5.57 Å². The molecule has 0 saturated carbocycles. The third-order valence-corrected chi connectivity index (χ3v) is 4.62. The van der Waals surface area contributed by atoms with Crippen LogP contribution < -0.4 is 10.2 Å². The van der Waals surface area contributed by atoms with E-state index in [9.17, 15) is 4.79 Å². The second-order valence-electron chi connectivity index (χ2n) is 6.49. The summed E-state index contributed by atoms with van der Waals surface area (Å²) >= 11 is 0. The summed E-state index contributed by atoms with van der Waals surface area (Å²) in [4.78, 5) is 14.4. The first-order chi connectivity index (χ1) is 12.7. The van der Waals surface area contributed by atoms with Gasteiger partial charge in [0.2, 0.25) is 0 Å². The molecule has 0 aromatic heterocycles. The van der Waals surface area contributed by atoms with Crippen LogP contribution in [0, 0.1) is 0 Å². The highest BCUT2D eigenvalue weighted by Crippen LogP contribution is 2.32. The van der Waals surface area contributed by atoms with Crippen LogP contribution in [0.25, 0.3) is 11.6 Å². The Labute approximate surface area is 153 Å². The molecular formula is C23H20N2O. The van der Waals surface area contributed by atoms with Crippen molar-refractivity contribution in [2.75, 3.05) is 17.3 Å². The Morgan fingerprint density at radius 2 is 1.58 bits per heavy atom. The number of para-hydroxylation sites is 1. The maximum absolute atomic E-state index is 12.2. The quantitative estimate of drug-likeness (QED) is 0.691. The van der Waals surface area contributed by atoms with Crippen molar-refractivity contribution in [1.29, 1.82) is 0 Å². The SMILES string of the molecule is CN(Cc1ccccc1)c1ccc(C=C2C(=O)Nc3ccccc32)cc1. The van der Waals surface area contributed by atoms with Crippen LogP contribution in [0.2, 0.25) is 0 Å². The van der Waals surface area contributed by atoms with Gasteiger partial charge in [-0.3, -0.25) is 4.79 Å². The van der Waals surface area contributed by atoms with Crippen LogP contribution in [0.1, 0.15) is 16.7 Å². The molecule has 3 aromatic rings. The number of hydrogen-bond donors (Lipinski definition) is 1. The number of nitrogens with one attached hydrogen (secondary N) is 1. The second kappa shape index (κ2) is 6.89. The van der Waals surface area contributed by atoms with Gasteiger partial charge >= 0.3 is 0 Å².